The number of aromatic nitrogens is 1. The van der Waals surface area contributed by atoms with E-state index in [1.807, 2.05) is 12.3 Å². The minimum Gasteiger partial charge on any atom is -0.465 e. The molecular formula is C6H8N2O2S. The number of carboxylic acid groups (broad SMARTS) is 1. The first kappa shape index (κ1) is 8.00. The Kier molecular flexibility index (Phi) is 2.09. The van der Waals surface area contributed by atoms with Gasteiger partial charge in [0.25, 0.3) is 0 Å². The fourth-order valence-electron chi connectivity index (χ4n) is 0.577. The van der Waals surface area contributed by atoms with Crippen molar-refractivity contribution in [2.45, 2.75) is 6.92 Å². The van der Waals surface area contributed by atoms with E-state index in [4.69, 9.17) is 5.11 Å². The minimum absolute atomic E-state index is 0.509. The molecule has 0 spiro atoms. The quantitative estimate of drug-likeness (QED) is 0.699. The molecule has 0 atom stereocenters. The molecule has 0 aromatic carbocycles. The highest BCUT2D eigenvalue weighted by atomic mass is 32.1. The van der Waals surface area contributed by atoms with Gasteiger partial charge in [0.15, 0.2) is 5.13 Å². The second-order valence-corrected chi connectivity index (χ2v) is 2.95. The average molecular weight is 172 g/mol. The molecule has 0 radical (unpaired) electrons. The maximum Gasteiger partial charge on any atom is 0.413 e. The van der Waals surface area contributed by atoms with Crippen molar-refractivity contribution in [2.75, 3.05) is 11.9 Å². The number of aryl methyl sites for hydroxylation is 1. The Morgan fingerprint density at radius 3 is 2.82 bits per heavy atom. The molecule has 1 N–H and O–H groups in total. The van der Waals surface area contributed by atoms with Gasteiger partial charge in [-0.3, -0.25) is 4.90 Å². The van der Waals surface area contributed by atoms with Crippen molar-refractivity contribution >= 4 is 22.6 Å². The SMILES string of the molecule is Cc1csc(N(C)C(=O)O)n1. The Labute approximate surface area is 68.1 Å². The molecule has 0 unspecified atom stereocenters. The lowest BCUT2D eigenvalue weighted by Crippen LogP contribution is -2.23. The number of rotatable bonds is 1. The van der Waals surface area contributed by atoms with Crippen LogP contribution in [0.15, 0.2) is 5.38 Å². The molecule has 1 aromatic rings. The molecule has 4 nitrogen and oxygen atoms in total. The summed E-state index contributed by atoms with van der Waals surface area (Å²) in [6.45, 7) is 1.83. The van der Waals surface area contributed by atoms with Crippen molar-refractivity contribution < 1.29 is 9.90 Å². The predicted molar refractivity (Wildman–Crippen MR) is 43.3 cm³/mol. The highest BCUT2D eigenvalue weighted by Crippen LogP contribution is 2.18. The van der Waals surface area contributed by atoms with Gasteiger partial charge in [0.1, 0.15) is 0 Å². The number of hydrogen-bond donors (Lipinski definition) is 1. The molecule has 1 heterocycles. The molecule has 60 valence electrons. The zero-order chi connectivity index (χ0) is 8.43. The highest BCUT2D eigenvalue weighted by Gasteiger charge is 2.10. The molecule has 0 aliphatic heterocycles. The summed E-state index contributed by atoms with van der Waals surface area (Å²) in [5.41, 5.74) is 0.845. The summed E-state index contributed by atoms with van der Waals surface area (Å²) >= 11 is 1.32. The van der Waals surface area contributed by atoms with Gasteiger partial charge in [-0.25, -0.2) is 9.78 Å². The van der Waals surface area contributed by atoms with Gasteiger partial charge < -0.3 is 5.11 Å². The molecule has 0 aliphatic rings. The average Bonchev–Trinajstić information content (AvgIpc) is 2.34. The van der Waals surface area contributed by atoms with Crippen LogP contribution in [0.25, 0.3) is 0 Å². The Balaban J connectivity index is 2.84. The van der Waals surface area contributed by atoms with Gasteiger partial charge in [-0.2, -0.15) is 0 Å². The normalized spacial score (nSPS) is 9.64. The molecule has 1 amide bonds. The van der Waals surface area contributed by atoms with Gasteiger partial charge >= 0.3 is 6.09 Å². The lowest BCUT2D eigenvalue weighted by Gasteiger charge is -2.06. The number of thiazole rings is 1. The third-order valence-electron chi connectivity index (χ3n) is 1.18. The van der Waals surface area contributed by atoms with E-state index in [1.165, 1.54) is 18.4 Å². The summed E-state index contributed by atoms with van der Waals surface area (Å²) < 4.78 is 0. The third kappa shape index (κ3) is 1.68. The van der Waals surface area contributed by atoms with E-state index in [0.717, 1.165) is 10.6 Å². The van der Waals surface area contributed by atoms with Crippen LogP contribution in [0.4, 0.5) is 9.93 Å². The Bertz CT molecular complexity index is 271. The number of amides is 1. The zero-order valence-electron chi connectivity index (χ0n) is 6.24. The van der Waals surface area contributed by atoms with E-state index in [1.54, 1.807) is 0 Å². The number of anilines is 1. The summed E-state index contributed by atoms with van der Waals surface area (Å²) in [4.78, 5) is 15.5. The minimum atomic E-state index is -0.987. The fourth-order valence-corrected chi connectivity index (χ4v) is 1.34. The summed E-state index contributed by atoms with van der Waals surface area (Å²) in [6, 6.07) is 0. The van der Waals surface area contributed by atoms with Crippen LogP contribution in [-0.2, 0) is 0 Å². The lowest BCUT2D eigenvalue weighted by atomic mass is 10.6. The first-order chi connectivity index (χ1) is 5.11. The zero-order valence-corrected chi connectivity index (χ0v) is 7.05. The van der Waals surface area contributed by atoms with Gasteiger partial charge in [0, 0.05) is 12.4 Å². The van der Waals surface area contributed by atoms with E-state index < -0.39 is 6.09 Å². The van der Waals surface area contributed by atoms with E-state index >= 15 is 0 Å². The van der Waals surface area contributed by atoms with E-state index in [0.29, 0.717) is 5.13 Å². The molecule has 1 aromatic heterocycles. The van der Waals surface area contributed by atoms with Crippen LogP contribution in [0, 0.1) is 6.92 Å². The topological polar surface area (TPSA) is 53.4 Å². The van der Waals surface area contributed by atoms with Crippen LogP contribution in [0.5, 0.6) is 0 Å². The van der Waals surface area contributed by atoms with Crippen LogP contribution < -0.4 is 4.90 Å². The van der Waals surface area contributed by atoms with Gasteiger partial charge in [0.2, 0.25) is 0 Å². The van der Waals surface area contributed by atoms with Crippen LogP contribution in [0.1, 0.15) is 5.69 Å². The van der Waals surface area contributed by atoms with Crippen LogP contribution in [0.2, 0.25) is 0 Å². The summed E-state index contributed by atoms with van der Waals surface area (Å²) in [6.07, 6.45) is -0.987. The molecule has 0 aliphatic carbocycles. The van der Waals surface area contributed by atoms with Crippen molar-refractivity contribution in [3.63, 3.8) is 0 Å². The first-order valence-corrected chi connectivity index (χ1v) is 3.88. The number of hydrogen-bond acceptors (Lipinski definition) is 3. The Morgan fingerprint density at radius 1 is 1.82 bits per heavy atom. The maximum atomic E-state index is 10.4. The van der Waals surface area contributed by atoms with Gasteiger partial charge in [0.05, 0.1) is 5.69 Å². The van der Waals surface area contributed by atoms with E-state index in [2.05, 4.69) is 4.98 Å². The van der Waals surface area contributed by atoms with Gasteiger partial charge in [-0.1, -0.05) is 0 Å². The van der Waals surface area contributed by atoms with Crippen molar-refractivity contribution in [1.29, 1.82) is 0 Å². The second-order valence-electron chi connectivity index (χ2n) is 2.11. The summed E-state index contributed by atoms with van der Waals surface area (Å²) in [5.74, 6) is 0. The smallest absolute Gasteiger partial charge is 0.413 e. The maximum absolute atomic E-state index is 10.4. The molecule has 5 heteroatoms. The van der Waals surface area contributed by atoms with Crippen molar-refractivity contribution in [1.82, 2.24) is 4.98 Å². The van der Waals surface area contributed by atoms with Crippen LogP contribution in [-0.4, -0.2) is 23.2 Å². The van der Waals surface area contributed by atoms with Crippen molar-refractivity contribution in [3.8, 4) is 0 Å². The Hall–Kier alpha value is -1.10. The van der Waals surface area contributed by atoms with Crippen LogP contribution in [0.3, 0.4) is 0 Å². The van der Waals surface area contributed by atoms with Crippen LogP contribution >= 0.6 is 11.3 Å². The molecular weight excluding hydrogens is 164 g/mol. The first-order valence-electron chi connectivity index (χ1n) is 3.00. The fraction of sp³-hybridized carbons (Fsp3) is 0.333. The lowest BCUT2D eigenvalue weighted by molar-refractivity contribution is 0.203. The summed E-state index contributed by atoms with van der Waals surface area (Å²) in [7, 11) is 1.47. The summed E-state index contributed by atoms with van der Waals surface area (Å²) in [5, 5.41) is 10.9. The number of carbonyl (C=O) groups is 1. The van der Waals surface area contributed by atoms with E-state index in [-0.39, 0.29) is 0 Å². The van der Waals surface area contributed by atoms with Crippen molar-refractivity contribution in [2.24, 2.45) is 0 Å². The molecule has 0 saturated heterocycles. The Morgan fingerprint density at radius 2 is 2.45 bits per heavy atom. The predicted octanol–water partition coefficient (Wildman–Crippen LogP) is 1.57. The third-order valence-corrected chi connectivity index (χ3v) is 2.22. The van der Waals surface area contributed by atoms with Crippen molar-refractivity contribution in [3.05, 3.63) is 11.1 Å². The van der Waals surface area contributed by atoms with Gasteiger partial charge in [-0.15, -0.1) is 11.3 Å². The molecule has 0 saturated carbocycles. The largest absolute Gasteiger partial charge is 0.465 e. The second kappa shape index (κ2) is 2.87. The standard InChI is InChI=1S/C6H8N2O2S/c1-4-3-11-5(7-4)8(2)6(9)10/h3H,1-2H3,(H,9,10). The monoisotopic (exact) mass is 172 g/mol. The molecule has 11 heavy (non-hydrogen) atoms. The van der Waals surface area contributed by atoms with E-state index in [9.17, 15) is 4.79 Å². The molecule has 0 fully saturated rings. The number of nitrogens with zero attached hydrogens (tertiary/aromatic N) is 2. The van der Waals surface area contributed by atoms with Gasteiger partial charge in [-0.05, 0) is 6.92 Å². The molecule has 0 bridgehead atoms. The highest BCUT2D eigenvalue weighted by molar-refractivity contribution is 7.13. The molecule has 1 rings (SSSR count).